The molecular weight excluding hydrogens is 681 g/mol. The van der Waals surface area contributed by atoms with Crippen molar-refractivity contribution in [2.24, 2.45) is 0 Å². The summed E-state index contributed by atoms with van der Waals surface area (Å²) in [4.78, 5) is 5.35. The SMILES string of the molecule is c1ccc2cc3c(cc2c1)nc1c2sc4cc5ccccc5cc4c2cc(-c2ccc(-c4ccc(-c5ccc6sc7ccccc7c6c5)cc4)cc2)n31. The van der Waals surface area contributed by atoms with Crippen LogP contribution in [0.3, 0.4) is 0 Å². The van der Waals surface area contributed by atoms with E-state index in [1.54, 1.807) is 0 Å². The molecule has 0 fully saturated rings. The third kappa shape index (κ3) is 4.46. The normalized spacial score (nSPS) is 12.2. The first-order valence-corrected chi connectivity index (χ1v) is 19.6. The van der Waals surface area contributed by atoms with Gasteiger partial charge in [-0.05, 0) is 97.9 Å². The average Bonchev–Trinajstić information content (AvgIpc) is 3.89. The zero-order valence-electron chi connectivity index (χ0n) is 28.4. The molecule has 0 saturated carbocycles. The molecule has 12 rings (SSSR count). The van der Waals surface area contributed by atoms with E-state index in [2.05, 4.69) is 174 Å². The van der Waals surface area contributed by atoms with Crippen molar-refractivity contribution in [1.82, 2.24) is 9.38 Å². The van der Waals surface area contributed by atoms with Gasteiger partial charge < -0.3 is 0 Å². The van der Waals surface area contributed by atoms with Gasteiger partial charge in [0.2, 0.25) is 0 Å². The van der Waals surface area contributed by atoms with E-state index in [-0.39, 0.29) is 0 Å². The number of hydrogen-bond acceptors (Lipinski definition) is 3. The molecule has 246 valence electrons. The lowest BCUT2D eigenvalue weighted by molar-refractivity contribution is 1.25. The largest absolute Gasteiger partial charge is 0.291 e. The lowest BCUT2D eigenvalue weighted by Gasteiger charge is -2.11. The van der Waals surface area contributed by atoms with Gasteiger partial charge in [-0.15, -0.1) is 22.7 Å². The first kappa shape index (κ1) is 29.3. The van der Waals surface area contributed by atoms with Gasteiger partial charge in [0.05, 0.1) is 21.4 Å². The van der Waals surface area contributed by atoms with Gasteiger partial charge in [-0.3, -0.25) is 4.40 Å². The van der Waals surface area contributed by atoms with Crippen LogP contribution in [0.1, 0.15) is 0 Å². The molecule has 0 aliphatic heterocycles. The molecule has 0 aliphatic rings. The maximum Gasteiger partial charge on any atom is 0.156 e. The molecule has 4 aromatic heterocycles. The summed E-state index contributed by atoms with van der Waals surface area (Å²) in [5.74, 6) is 0. The Hall–Kier alpha value is -6.33. The van der Waals surface area contributed by atoms with Crippen LogP contribution in [0.2, 0.25) is 0 Å². The van der Waals surface area contributed by atoms with E-state index in [0.717, 1.165) is 22.4 Å². The molecule has 0 atom stereocenters. The highest BCUT2D eigenvalue weighted by Gasteiger charge is 2.19. The molecule has 0 radical (unpaired) electrons. The maximum absolute atomic E-state index is 5.35. The van der Waals surface area contributed by atoms with Crippen LogP contribution in [0, 0.1) is 0 Å². The molecule has 0 amide bonds. The number of thiophene rings is 2. The number of rotatable bonds is 3. The van der Waals surface area contributed by atoms with Gasteiger partial charge in [0.1, 0.15) is 0 Å². The fourth-order valence-corrected chi connectivity index (χ4v) is 10.6. The highest BCUT2D eigenvalue weighted by atomic mass is 32.1. The first-order valence-electron chi connectivity index (χ1n) is 17.9. The summed E-state index contributed by atoms with van der Waals surface area (Å²) in [6, 6.07) is 62.5. The quantitative estimate of drug-likeness (QED) is 0.179. The first-order chi connectivity index (χ1) is 26.2. The molecule has 12 aromatic rings. The second-order valence-corrected chi connectivity index (χ2v) is 16.1. The highest BCUT2D eigenvalue weighted by Crippen LogP contribution is 2.43. The number of hydrogen-bond donors (Lipinski definition) is 0. The Morgan fingerprint density at radius 1 is 0.377 bits per heavy atom. The molecule has 4 heterocycles. The number of nitrogens with zero attached hydrogens (tertiary/aromatic N) is 2. The minimum Gasteiger partial charge on any atom is -0.291 e. The van der Waals surface area contributed by atoms with Crippen LogP contribution < -0.4 is 0 Å². The molecule has 0 aliphatic carbocycles. The van der Waals surface area contributed by atoms with E-state index in [9.17, 15) is 0 Å². The van der Waals surface area contributed by atoms with Crippen molar-refractivity contribution in [2.75, 3.05) is 0 Å². The third-order valence-electron chi connectivity index (χ3n) is 11.0. The molecule has 53 heavy (non-hydrogen) atoms. The smallest absolute Gasteiger partial charge is 0.156 e. The fourth-order valence-electron chi connectivity index (χ4n) is 8.28. The monoisotopic (exact) mass is 708 g/mol. The lowest BCUT2D eigenvalue weighted by Crippen LogP contribution is -1.93. The molecule has 0 saturated heterocycles. The van der Waals surface area contributed by atoms with Crippen LogP contribution in [-0.2, 0) is 0 Å². The van der Waals surface area contributed by atoms with Crippen LogP contribution in [0.5, 0.6) is 0 Å². The predicted octanol–water partition coefficient (Wildman–Crippen LogP) is 14.5. The molecule has 4 heteroatoms. The Bertz CT molecular complexity index is 3440. The predicted molar refractivity (Wildman–Crippen MR) is 230 cm³/mol. The van der Waals surface area contributed by atoms with E-state index < -0.39 is 0 Å². The zero-order chi connectivity index (χ0) is 34.6. The van der Waals surface area contributed by atoms with Gasteiger partial charge in [-0.25, -0.2) is 4.98 Å². The topological polar surface area (TPSA) is 17.3 Å². The Labute approximate surface area is 312 Å². The minimum atomic E-state index is 1.02. The molecule has 0 N–H and O–H groups in total. The molecule has 0 bridgehead atoms. The fraction of sp³-hybridized carbons (Fsp3) is 0. The van der Waals surface area contributed by atoms with Crippen molar-refractivity contribution >= 4 is 101 Å². The Morgan fingerprint density at radius 2 is 0.943 bits per heavy atom. The van der Waals surface area contributed by atoms with Crippen molar-refractivity contribution in [3.8, 4) is 33.5 Å². The average molecular weight is 709 g/mol. The van der Waals surface area contributed by atoms with Crippen LogP contribution in [0.15, 0.2) is 170 Å². The van der Waals surface area contributed by atoms with Crippen molar-refractivity contribution in [1.29, 1.82) is 0 Å². The lowest BCUT2D eigenvalue weighted by atomic mass is 9.98. The summed E-state index contributed by atoms with van der Waals surface area (Å²) in [6.07, 6.45) is 0. The van der Waals surface area contributed by atoms with E-state index in [4.69, 9.17) is 4.98 Å². The van der Waals surface area contributed by atoms with Crippen LogP contribution in [0.4, 0.5) is 0 Å². The van der Waals surface area contributed by atoms with Crippen molar-refractivity contribution < 1.29 is 0 Å². The summed E-state index contributed by atoms with van der Waals surface area (Å²) in [5, 5.41) is 10.2. The third-order valence-corrected chi connectivity index (χ3v) is 13.3. The van der Waals surface area contributed by atoms with Crippen LogP contribution in [-0.4, -0.2) is 9.38 Å². The van der Waals surface area contributed by atoms with Gasteiger partial charge in [-0.1, -0.05) is 121 Å². The number of fused-ring (bicyclic) bond motifs is 12. The molecule has 2 nitrogen and oxygen atoms in total. The maximum atomic E-state index is 5.35. The molecule has 0 spiro atoms. The molecule has 8 aromatic carbocycles. The van der Waals surface area contributed by atoms with Crippen molar-refractivity contribution in [2.45, 2.75) is 0 Å². The Kier molecular flexibility index (Phi) is 6.12. The second kappa shape index (κ2) is 11.1. The van der Waals surface area contributed by atoms with Crippen LogP contribution >= 0.6 is 22.7 Å². The highest BCUT2D eigenvalue weighted by molar-refractivity contribution is 7.26. The minimum absolute atomic E-state index is 1.02. The summed E-state index contributed by atoms with van der Waals surface area (Å²) >= 11 is 3.71. The molecule has 0 unspecified atom stereocenters. The summed E-state index contributed by atoms with van der Waals surface area (Å²) in [5.41, 5.74) is 10.4. The number of aromatic nitrogens is 2. The number of benzene rings is 8. The van der Waals surface area contributed by atoms with Crippen molar-refractivity contribution in [3.63, 3.8) is 0 Å². The Morgan fingerprint density at radius 3 is 1.70 bits per heavy atom. The number of pyridine rings is 1. The van der Waals surface area contributed by atoms with E-state index in [1.165, 1.54) is 89.7 Å². The van der Waals surface area contributed by atoms with Crippen molar-refractivity contribution in [3.05, 3.63) is 170 Å². The molecular formula is C49H28N2S2. The van der Waals surface area contributed by atoms with E-state index >= 15 is 0 Å². The zero-order valence-corrected chi connectivity index (χ0v) is 30.0. The number of imidazole rings is 1. The van der Waals surface area contributed by atoms with Gasteiger partial charge in [0.15, 0.2) is 5.65 Å². The van der Waals surface area contributed by atoms with Gasteiger partial charge in [-0.2, -0.15) is 0 Å². The standard InChI is InChI=1S/C49H28N2S2/c1-4-10-36-27-47-40(23-33(36)7-1)41-28-43(51-44-26-35-9-3-2-8-34(35)25-42(44)50-49(51)48(41)53-47)32-19-17-30(18-20-32)29-13-15-31(16-14-29)37-21-22-46-39(24-37)38-11-5-6-12-45(38)52-46/h1-28H. The van der Waals surface area contributed by atoms with E-state index in [0.29, 0.717) is 0 Å². The second-order valence-electron chi connectivity index (χ2n) is 14.0. The summed E-state index contributed by atoms with van der Waals surface area (Å²) in [6.45, 7) is 0. The Balaban J connectivity index is 0.992. The summed E-state index contributed by atoms with van der Waals surface area (Å²) in [7, 11) is 0. The van der Waals surface area contributed by atoms with Gasteiger partial charge >= 0.3 is 0 Å². The van der Waals surface area contributed by atoms with Gasteiger partial charge in [0.25, 0.3) is 0 Å². The van der Waals surface area contributed by atoms with Crippen LogP contribution in [0.25, 0.3) is 112 Å². The van der Waals surface area contributed by atoms with E-state index in [1.807, 2.05) is 22.7 Å². The summed E-state index contributed by atoms with van der Waals surface area (Å²) < 4.78 is 7.57. The van der Waals surface area contributed by atoms with Gasteiger partial charge in [0, 0.05) is 35.6 Å².